The van der Waals surface area contributed by atoms with Gasteiger partial charge in [-0.05, 0) is 24.0 Å². The van der Waals surface area contributed by atoms with Gasteiger partial charge in [-0.2, -0.15) is 0 Å². The lowest BCUT2D eigenvalue weighted by Crippen LogP contribution is -2.12. The molecule has 0 spiro atoms. The Hall–Kier alpha value is -0.560. The van der Waals surface area contributed by atoms with Crippen LogP contribution in [0.2, 0.25) is 5.02 Å². The van der Waals surface area contributed by atoms with Crippen molar-refractivity contribution in [2.75, 3.05) is 0 Å². The summed E-state index contributed by atoms with van der Waals surface area (Å²) in [5.74, 6) is 0. The lowest BCUT2D eigenvalue weighted by molar-refractivity contribution is 0.587. The van der Waals surface area contributed by atoms with E-state index in [1.807, 2.05) is 19.2 Å². The van der Waals surface area contributed by atoms with Gasteiger partial charge in [0, 0.05) is 16.9 Å². The lowest BCUT2D eigenvalue weighted by atomic mass is 9.88. The van der Waals surface area contributed by atoms with Crippen LogP contribution >= 0.6 is 11.6 Å². The number of hydrogen-bond acceptors (Lipinski definition) is 1. The van der Waals surface area contributed by atoms with E-state index in [1.165, 1.54) is 0 Å². The summed E-state index contributed by atoms with van der Waals surface area (Å²) in [4.78, 5) is 4.22. The molecule has 2 heteroatoms. The van der Waals surface area contributed by atoms with Gasteiger partial charge in [-0.1, -0.05) is 39.8 Å². The Labute approximate surface area is 86.1 Å². The Morgan fingerprint density at radius 3 is 2.23 bits per heavy atom. The van der Waals surface area contributed by atoms with Crippen LogP contribution in [-0.4, -0.2) is 4.98 Å². The first kappa shape index (κ1) is 12.4. The third-order valence-electron chi connectivity index (χ3n) is 1.80. The number of hydrogen-bond donors (Lipinski definition) is 0. The molecule has 0 aliphatic carbocycles. The van der Waals surface area contributed by atoms with Gasteiger partial charge in [0.15, 0.2) is 0 Å². The summed E-state index contributed by atoms with van der Waals surface area (Å²) in [6, 6.07) is 1.90. The van der Waals surface area contributed by atoms with E-state index < -0.39 is 0 Å². The summed E-state index contributed by atoms with van der Waals surface area (Å²) in [5, 5.41) is 0.815. The van der Waals surface area contributed by atoms with Crippen LogP contribution in [0.5, 0.6) is 0 Å². The van der Waals surface area contributed by atoms with Crippen molar-refractivity contribution in [1.82, 2.24) is 4.98 Å². The highest BCUT2D eigenvalue weighted by Crippen LogP contribution is 2.28. The highest BCUT2D eigenvalue weighted by molar-refractivity contribution is 6.31. The molecule has 0 fully saturated rings. The average molecular weight is 200 g/mol. The number of rotatable bonds is 0. The van der Waals surface area contributed by atoms with Crippen molar-refractivity contribution in [1.29, 1.82) is 0 Å². The molecule has 0 saturated heterocycles. The van der Waals surface area contributed by atoms with E-state index in [2.05, 4.69) is 25.8 Å². The third-order valence-corrected chi connectivity index (χ3v) is 2.11. The van der Waals surface area contributed by atoms with Gasteiger partial charge in [0.1, 0.15) is 0 Å². The van der Waals surface area contributed by atoms with Crippen molar-refractivity contribution in [2.24, 2.45) is 0 Å². The van der Waals surface area contributed by atoms with Crippen LogP contribution in [0.15, 0.2) is 12.3 Å². The lowest BCUT2D eigenvalue weighted by Gasteiger charge is -2.19. The largest absolute Gasteiger partial charge is 0.261 e. The molecule has 0 saturated carbocycles. The van der Waals surface area contributed by atoms with Crippen LogP contribution in [0.3, 0.4) is 0 Å². The van der Waals surface area contributed by atoms with Crippen LogP contribution in [0.4, 0.5) is 0 Å². The second-order valence-electron chi connectivity index (χ2n) is 4.06. The maximum Gasteiger partial charge on any atom is 0.0476 e. The second kappa shape index (κ2) is 4.10. The molecule has 0 aliphatic heterocycles. The molecule has 0 aliphatic rings. The van der Waals surface area contributed by atoms with Crippen LogP contribution in [-0.2, 0) is 5.41 Å². The zero-order valence-electron chi connectivity index (χ0n) is 7.98. The highest BCUT2D eigenvalue weighted by Gasteiger charge is 2.17. The van der Waals surface area contributed by atoms with Crippen molar-refractivity contribution < 1.29 is 0 Å². The van der Waals surface area contributed by atoms with Crippen LogP contribution in [0, 0.1) is 6.92 Å². The fourth-order valence-electron chi connectivity index (χ4n) is 1.08. The van der Waals surface area contributed by atoms with Gasteiger partial charge >= 0.3 is 0 Å². The zero-order valence-corrected chi connectivity index (χ0v) is 8.74. The predicted octanol–water partition coefficient (Wildman–Crippen LogP) is 3.98. The van der Waals surface area contributed by atoms with Crippen molar-refractivity contribution in [3.8, 4) is 0 Å². The van der Waals surface area contributed by atoms with E-state index in [-0.39, 0.29) is 12.8 Å². The fraction of sp³-hybridized carbons (Fsp3) is 0.545. The van der Waals surface area contributed by atoms with E-state index in [0.717, 1.165) is 16.3 Å². The van der Waals surface area contributed by atoms with Gasteiger partial charge in [0.05, 0.1) is 0 Å². The monoisotopic (exact) mass is 199 g/mol. The molecule has 1 heterocycles. The molecule has 13 heavy (non-hydrogen) atoms. The minimum absolute atomic E-state index is 0. The van der Waals surface area contributed by atoms with Gasteiger partial charge in [0.2, 0.25) is 0 Å². The molecule has 0 amide bonds. The molecule has 0 bridgehead atoms. The van der Waals surface area contributed by atoms with Crippen LogP contribution in [0.1, 0.15) is 39.5 Å². The molecule has 0 radical (unpaired) electrons. The van der Waals surface area contributed by atoms with Gasteiger partial charge in [-0.15, -0.1) is 0 Å². The first-order chi connectivity index (χ1) is 5.41. The molecular formula is C11H18ClN. The van der Waals surface area contributed by atoms with Crippen molar-refractivity contribution in [2.45, 2.75) is 40.5 Å². The molecule has 1 aromatic heterocycles. The Bertz CT molecular complexity index is 287. The molecule has 0 unspecified atom stereocenters. The molecule has 0 aromatic carbocycles. The quantitative estimate of drug-likeness (QED) is 0.616. The van der Waals surface area contributed by atoms with Crippen molar-refractivity contribution in [3.05, 3.63) is 28.5 Å². The number of halogens is 1. The first-order valence-electron chi connectivity index (χ1n) is 4.04. The Morgan fingerprint density at radius 1 is 1.31 bits per heavy atom. The van der Waals surface area contributed by atoms with Gasteiger partial charge in [-0.3, -0.25) is 4.98 Å². The minimum atomic E-state index is 0. The number of nitrogens with zero attached hydrogens (tertiary/aromatic N) is 1. The van der Waals surface area contributed by atoms with E-state index in [0.29, 0.717) is 0 Å². The first-order valence-corrected chi connectivity index (χ1v) is 4.41. The maximum absolute atomic E-state index is 6.07. The van der Waals surface area contributed by atoms with Crippen LogP contribution < -0.4 is 0 Å². The van der Waals surface area contributed by atoms with Gasteiger partial charge in [0.25, 0.3) is 0 Å². The van der Waals surface area contributed by atoms with E-state index in [9.17, 15) is 0 Å². The van der Waals surface area contributed by atoms with Crippen molar-refractivity contribution >= 4 is 11.6 Å². The third kappa shape index (κ3) is 3.00. The summed E-state index contributed by atoms with van der Waals surface area (Å²) < 4.78 is 0. The van der Waals surface area contributed by atoms with Gasteiger partial charge < -0.3 is 0 Å². The molecule has 1 nitrogen and oxygen atoms in total. The summed E-state index contributed by atoms with van der Waals surface area (Å²) in [6.45, 7) is 8.33. The molecule has 0 atom stereocenters. The summed E-state index contributed by atoms with van der Waals surface area (Å²) in [6.07, 6.45) is 1.86. The van der Waals surface area contributed by atoms with Crippen molar-refractivity contribution in [3.63, 3.8) is 0 Å². The Balaban J connectivity index is 0.00000144. The summed E-state index contributed by atoms with van der Waals surface area (Å²) >= 11 is 6.07. The van der Waals surface area contributed by atoms with Gasteiger partial charge in [-0.25, -0.2) is 0 Å². The average Bonchev–Trinajstić information content (AvgIpc) is 1.83. The zero-order chi connectivity index (χ0) is 9.35. The highest BCUT2D eigenvalue weighted by atomic mass is 35.5. The van der Waals surface area contributed by atoms with Crippen LogP contribution in [0.25, 0.3) is 0 Å². The second-order valence-corrected chi connectivity index (χ2v) is 4.46. The predicted molar refractivity (Wildman–Crippen MR) is 59.4 cm³/mol. The number of pyridine rings is 1. The van der Waals surface area contributed by atoms with E-state index >= 15 is 0 Å². The molecule has 74 valence electrons. The molecular weight excluding hydrogens is 182 g/mol. The topological polar surface area (TPSA) is 12.9 Å². The Kier molecular flexibility index (Phi) is 3.92. The summed E-state index contributed by atoms with van der Waals surface area (Å²) in [7, 11) is 0. The normalized spacial score (nSPS) is 10.8. The van der Waals surface area contributed by atoms with E-state index in [1.54, 1.807) is 0 Å². The standard InChI is InChI=1S/C10H14ClN.CH4/c1-7-5-9(11)8(6-12-7)10(2,3)4;/h5-6H,1-4H3;1H4. The number of aryl methyl sites for hydroxylation is 1. The fourth-order valence-corrected chi connectivity index (χ4v) is 1.57. The number of aromatic nitrogens is 1. The molecule has 0 N–H and O–H groups in total. The molecule has 1 aromatic rings. The molecule has 1 rings (SSSR count). The minimum Gasteiger partial charge on any atom is -0.261 e. The Morgan fingerprint density at radius 2 is 1.85 bits per heavy atom. The van der Waals surface area contributed by atoms with E-state index in [4.69, 9.17) is 11.6 Å². The maximum atomic E-state index is 6.07. The summed E-state index contributed by atoms with van der Waals surface area (Å²) in [5.41, 5.74) is 2.15. The SMILES string of the molecule is C.Cc1cc(Cl)c(C(C)(C)C)cn1. The smallest absolute Gasteiger partial charge is 0.0476 e.